The number of hydrogen-bond acceptors (Lipinski definition) is 0. The van der Waals surface area contributed by atoms with Gasteiger partial charge in [0.2, 0.25) is 0 Å². The van der Waals surface area contributed by atoms with E-state index in [-0.39, 0.29) is 0 Å². The first-order valence-electron chi connectivity index (χ1n) is 21.2. The predicted octanol–water partition coefficient (Wildman–Crippen LogP) is 17.1. The second kappa shape index (κ2) is 39.7. The Labute approximate surface area is 289 Å². The van der Waals surface area contributed by atoms with Crippen LogP contribution in [0, 0.1) is 29.6 Å². The summed E-state index contributed by atoms with van der Waals surface area (Å²) in [5, 5.41) is 0. The van der Waals surface area contributed by atoms with E-state index in [1.807, 2.05) is 34.6 Å². The lowest BCUT2D eigenvalue weighted by Gasteiger charge is -2.32. The Hall–Kier alpha value is -0.520. The molecule has 0 N–H and O–H groups in total. The molecule has 0 nitrogen and oxygen atoms in total. The Morgan fingerprint density at radius 3 is 1.64 bits per heavy atom. The van der Waals surface area contributed by atoms with E-state index in [1.54, 1.807) is 11.6 Å². The van der Waals surface area contributed by atoms with Gasteiger partial charge in [0.25, 0.3) is 0 Å². The molecule has 1 aliphatic rings. The second-order valence-electron chi connectivity index (χ2n) is 14.2. The van der Waals surface area contributed by atoms with Crippen molar-refractivity contribution < 1.29 is 0 Å². The molecule has 0 heterocycles. The average Bonchev–Trinajstić information content (AvgIpc) is 3.07. The molecule has 0 spiro atoms. The number of unbranched alkanes of at least 4 members (excludes halogenated alkanes) is 11. The standard InChI is InChI=1S/C38H74.C3H6.2C2H6/c1-7-10-12-14-15-17-19-26-33(4)32-38(37-29-21-18-22-30-37)31-24-23-28-36(25-9-3)35(6)34(5)27-20-16-13-11-8-2;1-3-2;2*1-2/h28,33-35,37-38H,7-27,29-32H2,1-6H3;3H,1H2,2H3;2*1-2H3/b36-28+;;;. The van der Waals surface area contributed by atoms with Crippen LogP contribution in [0.3, 0.4) is 0 Å². The topological polar surface area (TPSA) is 0 Å². The SMILES string of the molecule is C=CC.CC.CC.CCCCCCCCCC(C)CC(CCC/C=C(\CCC)C(C)C(C)CCCCCCC)C1CCCCC1. The van der Waals surface area contributed by atoms with E-state index in [2.05, 4.69) is 54.2 Å². The molecule has 0 bridgehead atoms. The van der Waals surface area contributed by atoms with Crippen molar-refractivity contribution in [3.05, 3.63) is 24.3 Å². The van der Waals surface area contributed by atoms with Gasteiger partial charge in [0, 0.05) is 0 Å². The van der Waals surface area contributed by atoms with E-state index in [0.717, 1.165) is 29.6 Å². The molecule has 0 aliphatic heterocycles. The molecule has 1 fully saturated rings. The van der Waals surface area contributed by atoms with E-state index in [0.29, 0.717) is 0 Å². The minimum Gasteiger partial charge on any atom is -0.103 e. The minimum atomic E-state index is 0.775. The lowest BCUT2D eigenvalue weighted by Crippen LogP contribution is -2.20. The van der Waals surface area contributed by atoms with Crippen LogP contribution in [0.25, 0.3) is 0 Å². The highest BCUT2D eigenvalue weighted by molar-refractivity contribution is 5.07. The third kappa shape index (κ3) is 30.6. The summed E-state index contributed by atoms with van der Waals surface area (Å²) in [6, 6.07) is 0. The van der Waals surface area contributed by atoms with E-state index in [1.165, 1.54) is 161 Å². The van der Waals surface area contributed by atoms with Crippen LogP contribution >= 0.6 is 0 Å². The fourth-order valence-corrected chi connectivity index (χ4v) is 7.39. The predicted molar refractivity (Wildman–Crippen MR) is 214 cm³/mol. The molecule has 1 aliphatic carbocycles. The van der Waals surface area contributed by atoms with Gasteiger partial charge in [-0.25, -0.2) is 0 Å². The molecule has 0 saturated heterocycles. The molecule has 0 heteroatoms. The van der Waals surface area contributed by atoms with E-state index in [4.69, 9.17) is 0 Å². The third-order valence-electron chi connectivity index (χ3n) is 10.2. The number of rotatable bonds is 25. The van der Waals surface area contributed by atoms with Crippen molar-refractivity contribution in [3.8, 4) is 0 Å². The van der Waals surface area contributed by atoms with Crippen molar-refractivity contribution in [1.29, 1.82) is 0 Å². The Morgan fingerprint density at radius 1 is 0.644 bits per heavy atom. The Kier molecular flexibility index (Phi) is 43.1. The summed E-state index contributed by atoms with van der Waals surface area (Å²) in [5.74, 6) is 4.58. The highest BCUT2D eigenvalue weighted by Crippen LogP contribution is 2.37. The Balaban J connectivity index is -0.00000232. The van der Waals surface area contributed by atoms with Crippen LogP contribution < -0.4 is 0 Å². The zero-order valence-corrected chi connectivity index (χ0v) is 33.9. The lowest BCUT2D eigenvalue weighted by molar-refractivity contribution is 0.196. The highest BCUT2D eigenvalue weighted by Gasteiger charge is 2.25. The summed E-state index contributed by atoms with van der Waals surface area (Å²) >= 11 is 0. The lowest BCUT2D eigenvalue weighted by atomic mass is 9.74. The summed E-state index contributed by atoms with van der Waals surface area (Å²) in [5.41, 5.74) is 1.79. The van der Waals surface area contributed by atoms with Gasteiger partial charge in [-0.3, -0.25) is 0 Å². The molecule has 0 aromatic carbocycles. The van der Waals surface area contributed by atoms with E-state index < -0.39 is 0 Å². The summed E-state index contributed by atoms with van der Waals surface area (Å²) < 4.78 is 0. The van der Waals surface area contributed by atoms with Gasteiger partial charge in [0.1, 0.15) is 0 Å². The molecule has 0 radical (unpaired) electrons. The molecule has 0 amide bonds. The fourth-order valence-electron chi connectivity index (χ4n) is 7.39. The van der Waals surface area contributed by atoms with Gasteiger partial charge in [-0.2, -0.15) is 0 Å². The zero-order chi connectivity index (χ0) is 34.6. The zero-order valence-electron chi connectivity index (χ0n) is 33.9. The molecular weight excluding hydrogens is 540 g/mol. The van der Waals surface area contributed by atoms with Crippen LogP contribution in [0.2, 0.25) is 0 Å². The molecule has 1 rings (SSSR count). The van der Waals surface area contributed by atoms with Gasteiger partial charge in [-0.05, 0) is 68.6 Å². The van der Waals surface area contributed by atoms with E-state index in [9.17, 15) is 0 Å². The van der Waals surface area contributed by atoms with Crippen LogP contribution in [0.15, 0.2) is 24.3 Å². The van der Waals surface area contributed by atoms with Gasteiger partial charge >= 0.3 is 0 Å². The first kappa shape index (κ1) is 48.9. The molecule has 272 valence electrons. The van der Waals surface area contributed by atoms with Crippen LogP contribution in [0.4, 0.5) is 0 Å². The van der Waals surface area contributed by atoms with Crippen molar-refractivity contribution >= 4 is 0 Å². The maximum atomic E-state index is 3.36. The summed E-state index contributed by atoms with van der Waals surface area (Å²) in [7, 11) is 0. The molecule has 4 atom stereocenters. The van der Waals surface area contributed by atoms with Crippen LogP contribution in [-0.4, -0.2) is 0 Å². The molecule has 4 unspecified atom stereocenters. The van der Waals surface area contributed by atoms with Crippen molar-refractivity contribution in [2.45, 2.75) is 237 Å². The monoisotopic (exact) mass is 633 g/mol. The number of allylic oxidation sites excluding steroid dienone is 3. The molecular formula is C45H92. The van der Waals surface area contributed by atoms with Crippen molar-refractivity contribution in [2.75, 3.05) is 0 Å². The van der Waals surface area contributed by atoms with E-state index >= 15 is 0 Å². The summed E-state index contributed by atoms with van der Waals surface area (Å²) in [6.45, 7) is 27.9. The second-order valence-corrected chi connectivity index (χ2v) is 14.2. The maximum absolute atomic E-state index is 3.36. The Morgan fingerprint density at radius 2 is 1.13 bits per heavy atom. The van der Waals surface area contributed by atoms with Gasteiger partial charge in [-0.1, -0.05) is 215 Å². The summed E-state index contributed by atoms with van der Waals surface area (Å²) in [4.78, 5) is 0. The molecule has 45 heavy (non-hydrogen) atoms. The average molecular weight is 633 g/mol. The molecule has 1 saturated carbocycles. The smallest absolute Gasteiger partial charge is 0.0206 e. The van der Waals surface area contributed by atoms with Gasteiger partial charge < -0.3 is 0 Å². The van der Waals surface area contributed by atoms with Crippen molar-refractivity contribution in [3.63, 3.8) is 0 Å². The number of hydrogen-bond donors (Lipinski definition) is 0. The normalized spacial score (nSPS) is 16.1. The minimum absolute atomic E-state index is 0.775. The van der Waals surface area contributed by atoms with Gasteiger partial charge in [0.05, 0.1) is 0 Å². The largest absolute Gasteiger partial charge is 0.103 e. The van der Waals surface area contributed by atoms with Crippen molar-refractivity contribution in [1.82, 2.24) is 0 Å². The molecule has 0 aromatic rings. The van der Waals surface area contributed by atoms with Crippen molar-refractivity contribution in [2.24, 2.45) is 29.6 Å². The maximum Gasteiger partial charge on any atom is -0.0206 e. The van der Waals surface area contributed by atoms with Crippen LogP contribution in [-0.2, 0) is 0 Å². The first-order valence-corrected chi connectivity index (χ1v) is 21.2. The summed E-state index contributed by atoms with van der Waals surface area (Å²) in [6.07, 6.45) is 40.5. The van der Waals surface area contributed by atoms with Crippen LogP contribution in [0.1, 0.15) is 237 Å². The molecule has 0 aromatic heterocycles. The fraction of sp³-hybridized carbons (Fsp3) is 0.911. The quantitative estimate of drug-likeness (QED) is 0.0694. The Bertz CT molecular complexity index is 565. The third-order valence-corrected chi connectivity index (χ3v) is 10.2. The van der Waals surface area contributed by atoms with Gasteiger partial charge in [0.15, 0.2) is 0 Å². The highest BCUT2D eigenvalue weighted by atomic mass is 14.3. The van der Waals surface area contributed by atoms with Crippen LogP contribution in [0.5, 0.6) is 0 Å². The van der Waals surface area contributed by atoms with Gasteiger partial charge in [-0.15, -0.1) is 6.58 Å². The first-order chi connectivity index (χ1) is 21.9.